The summed E-state index contributed by atoms with van der Waals surface area (Å²) in [6, 6.07) is 10.1. The zero-order chi connectivity index (χ0) is 21.6. The molecule has 31 heavy (non-hydrogen) atoms. The summed E-state index contributed by atoms with van der Waals surface area (Å²) in [6.45, 7) is 1.90. The van der Waals surface area contributed by atoms with Gasteiger partial charge in [0.1, 0.15) is 18.1 Å². The van der Waals surface area contributed by atoms with Gasteiger partial charge in [-0.25, -0.2) is 0 Å². The van der Waals surface area contributed by atoms with Crippen molar-refractivity contribution in [3.63, 3.8) is 0 Å². The van der Waals surface area contributed by atoms with Crippen molar-refractivity contribution in [2.45, 2.75) is 17.7 Å². The molecule has 0 bridgehead atoms. The summed E-state index contributed by atoms with van der Waals surface area (Å²) >= 11 is 6.32. The normalized spacial score (nSPS) is 21.3. The standard InChI is InChI=1S/C21H20ClN3O5S/c22-15-10-17-18(30-9-8-29-17)11-16(15)23-21(26)13-4-3-7-25(12-13)20-14-5-1-2-6-19(14)31(27,28)24-20/h1-2,5-6,10-11,13H,3-4,7-9,12H2,(H,23,26)/t13-/m1/s1. The van der Waals surface area contributed by atoms with Gasteiger partial charge in [0.05, 0.1) is 16.6 Å². The molecule has 1 amide bonds. The molecule has 1 saturated heterocycles. The summed E-state index contributed by atoms with van der Waals surface area (Å²) in [5.41, 5.74) is 1.04. The highest BCUT2D eigenvalue weighted by atomic mass is 35.5. The van der Waals surface area contributed by atoms with Crippen LogP contribution in [0.3, 0.4) is 0 Å². The van der Waals surface area contributed by atoms with E-state index in [4.69, 9.17) is 21.1 Å². The van der Waals surface area contributed by atoms with Gasteiger partial charge in [-0.3, -0.25) is 4.79 Å². The number of likely N-dealkylation sites (tertiary alicyclic amines) is 1. The molecule has 2 aromatic carbocycles. The second-order valence-corrected chi connectivity index (χ2v) is 9.62. The number of carbonyl (C=O) groups excluding carboxylic acids is 1. The Morgan fingerprint density at radius 1 is 1.16 bits per heavy atom. The maximum absolute atomic E-state index is 13.0. The minimum Gasteiger partial charge on any atom is -0.486 e. The molecular weight excluding hydrogens is 442 g/mol. The minimum atomic E-state index is -3.70. The van der Waals surface area contributed by atoms with Crippen LogP contribution in [-0.2, 0) is 14.8 Å². The molecule has 0 aromatic heterocycles. The number of nitrogens with zero attached hydrogens (tertiary/aromatic N) is 2. The maximum Gasteiger partial charge on any atom is 0.285 e. The monoisotopic (exact) mass is 461 g/mol. The van der Waals surface area contributed by atoms with Crippen LogP contribution >= 0.6 is 11.6 Å². The van der Waals surface area contributed by atoms with Crippen LogP contribution in [0.4, 0.5) is 5.69 Å². The van der Waals surface area contributed by atoms with Gasteiger partial charge in [-0.2, -0.15) is 8.42 Å². The van der Waals surface area contributed by atoms with E-state index in [-0.39, 0.29) is 16.7 Å². The number of fused-ring (bicyclic) bond motifs is 2. The Hall–Kier alpha value is -2.78. The van der Waals surface area contributed by atoms with Crippen molar-refractivity contribution in [2.24, 2.45) is 10.3 Å². The van der Waals surface area contributed by atoms with Gasteiger partial charge >= 0.3 is 0 Å². The Bertz CT molecular complexity index is 1200. The largest absolute Gasteiger partial charge is 0.486 e. The SMILES string of the molecule is O=C(Nc1cc2c(cc1Cl)OCCO2)[C@@H]1CCCN(C2=NS(=O)(=O)c3ccccc32)C1. The summed E-state index contributed by atoms with van der Waals surface area (Å²) in [5, 5.41) is 3.25. The third-order valence-electron chi connectivity index (χ3n) is 5.59. The van der Waals surface area contributed by atoms with E-state index in [2.05, 4.69) is 9.71 Å². The number of sulfonamides is 1. The van der Waals surface area contributed by atoms with Crippen molar-refractivity contribution >= 4 is 39.1 Å². The highest BCUT2D eigenvalue weighted by molar-refractivity contribution is 7.90. The topological polar surface area (TPSA) is 97.3 Å². The van der Waals surface area contributed by atoms with E-state index in [1.807, 2.05) is 4.90 Å². The second-order valence-electron chi connectivity index (χ2n) is 7.64. The molecule has 0 aliphatic carbocycles. The first-order valence-corrected chi connectivity index (χ1v) is 11.8. The predicted octanol–water partition coefficient (Wildman–Crippen LogP) is 2.91. The summed E-state index contributed by atoms with van der Waals surface area (Å²) in [5.74, 6) is 0.982. The Morgan fingerprint density at radius 2 is 1.90 bits per heavy atom. The molecular formula is C21H20ClN3O5S. The van der Waals surface area contributed by atoms with E-state index in [1.54, 1.807) is 36.4 Å². The van der Waals surface area contributed by atoms with E-state index in [1.165, 1.54) is 0 Å². The molecule has 2 aromatic rings. The van der Waals surface area contributed by atoms with Gasteiger partial charge in [0, 0.05) is 30.8 Å². The van der Waals surface area contributed by atoms with E-state index >= 15 is 0 Å². The van der Waals surface area contributed by atoms with Crippen molar-refractivity contribution in [3.05, 3.63) is 47.0 Å². The molecule has 3 heterocycles. The van der Waals surface area contributed by atoms with Crippen molar-refractivity contribution in [1.82, 2.24) is 4.90 Å². The molecule has 1 N–H and O–H groups in total. The Labute approximate surface area is 184 Å². The zero-order valence-corrected chi connectivity index (χ0v) is 18.1. The molecule has 10 heteroatoms. The number of amidine groups is 1. The highest BCUT2D eigenvalue weighted by Gasteiger charge is 2.35. The zero-order valence-electron chi connectivity index (χ0n) is 16.5. The first kappa shape index (κ1) is 20.1. The van der Waals surface area contributed by atoms with Gasteiger partial charge in [-0.1, -0.05) is 23.7 Å². The van der Waals surface area contributed by atoms with Crippen LogP contribution in [0.15, 0.2) is 45.7 Å². The number of hydrogen-bond donors (Lipinski definition) is 1. The summed E-state index contributed by atoms with van der Waals surface area (Å²) in [4.78, 5) is 15.1. The smallest absolute Gasteiger partial charge is 0.285 e. The van der Waals surface area contributed by atoms with Crippen LogP contribution in [0.5, 0.6) is 11.5 Å². The Morgan fingerprint density at radius 3 is 2.71 bits per heavy atom. The summed E-state index contributed by atoms with van der Waals surface area (Å²) < 4.78 is 39.8. The van der Waals surface area contributed by atoms with Crippen molar-refractivity contribution < 1.29 is 22.7 Å². The number of amides is 1. The van der Waals surface area contributed by atoms with Gasteiger partial charge in [-0.05, 0) is 25.0 Å². The number of anilines is 1. The molecule has 1 fully saturated rings. The van der Waals surface area contributed by atoms with E-state index in [0.717, 1.165) is 6.42 Å². The molecule has 8 nitrogen and oxygen atoms in total. The number of piperidine rings is 1. The van der Waals surface area contributed by atoms with Crippen LogP contribution in [0.25, 0.3) is 0 Å². The summed E-state index contributed by atoms with van der Waals surface area (Å²) in [6.07, 6.45) is 1.43. The second kappa shape index (κ2) is 7.72. The fraction of sp³-hybridized carbons (Fsp3) is 0.333. The molecule has 3 aliphatic heterocycles. The Balaban J connectivity index is 1.34. The quantitative estimate of drug-likeness (QED) is 0.738. The average molecular weight is 462 g/mol. The molecule has 0 saturated carbocycles. The first-order valence-electron chi connectivity index (χ1n) is 10.0. The number of halogens is 1. The van der Waals surface area contributed by atoms with Crippen LogP contribution < -0.4 is 14.8 Å². The maximum atomic E-state index is 13.0. The molecule has 1 atom stereocenters. The molecule has 3 aliphatic rings. The van der Waals surface area contributed by atoms with Gasteiger partial charge < -0.3 is 19.7 Å². The van der Waals surface area contributed by atoms with Crippen LogP contribution in [0, 0.1) is 5.92 Å². The van der Waals surface area contributed by atoms with Gasteiger partial charge in [-0.15, -0.1) is 4.40 Å². The number of nitrogens with one attached hydrogen (secondary N) is 1. The Kier molecular flexibility index (Phi) is 5.02. The average Bonchev–Trinajstić information content (AvgIpc) is 3.05. The lowest BCUT2D eigenvalue weighted by atomic mass is 9.96. The number of hydrogen-bond acceptors (Lipinski definition) is 6. The van der Waals surface area contributed by atoms with Crippen molar-refractivity contribution in [3.8, 4) is 11.5 Å². The minimum absolute atomic E-state index is 0.182. The lowest BCUT2D eigenvalue weighted by Gasteiger charge is -2.33. The molecule has 0 unspecified atom stereocenters. The molecule has 5 rings (SSSR count). The van der Waals surface area contributed by atoms with Gasteiger partial charge in [0.2, 0.25) is 5.91 Å². The lowest BCUT2D eigenvalue weighted by molar-refractivity contribution is -0.121. The number of benzene rings is 2. The lowest BCUT2D eigenvalue weighted by Crippen LogP contribution is -2.43. The summed E-state index contributed by atoms with van der Waals surface area (Å²) in [7, 11) is -3.70. The van der Waals surface area contributed by atoms with E-state index in [9.17, 15) is 13.2 Å². The van der Waals surface area contributed by atoms with E-state index in [0.29, 0.717) is 66.3 Å². The van der Waals surface area contributed by atoms with Crippen molar-refractivity contribution in [1.29, 1.82) is 0 Å². The van der Waals surface area contributed by atoms with Gasteiger partial charge in [0.15, 0.2) is 17.3 Å². The van der Waals surface area contributed by atoms with Crippen LogP contribution in [0.2, 0.25) is 5.02 Å². The fourth-order valence-electron chi connectivity index (χ4n) is 4.09. The van der Waals surface area contributed by atoms with Gasteiger partial charge in [0.25, 0.3) is 10.0 Å². The third kappa shape index (κ3) is 3.72. The molecule has 0 spiro atoms. The fourth-order valence-corrected chi connectivity index (χ4v) is 5.52. The first-order chi connectivity index (χ1) is 14.9. The van der Waals surface area contributed by atoms with E-state index < -0.39 is 10.0 Å². The number of carbonyl (C=O) groups is 1. The molecule has 0 radical (unpaired) electrons. The van der Waals surface area contributed by atoms with Crippen LogP contribution in [0.1, 0.15) is 18.4 Å². The predicted molar refractivity (Wildman–Crippen MR) is 116 cm³/mol. The van der Waals surface area contributed by atoms with Crippen LogP contribution in [-0.4, -0.2) is 51.4 Å². The number of rotatable bonds is 2. The van der Waals surface area contributed by atoms with Crippen molar-refractivity contribution in [2.75, 3.05) is 31.6 Å². The third-order valence-corrected chi connectivity index (χ3v) is 7.23. The number of ether oxygens (including phenoxy) is 2. The highest BCUT2D eigenvalue weighted by Crippen LogP contribution is 2.38. The molecule has 162 valence electrons.